The third-order valence-electron chi connectivity index (χ3n) is 3.39. The second-order valence-electron chi connectivity index (χ2n) is 5.43. The molecule has 20 heavy (non-hydrogen) atoms. The van der Waals surface area contributed by atoms with Crippen molar-refractivity contribution in [1.29, 1.82) is 0 Å². The van der Waals surface area contributed by atoms with Crippen LogP contribution < -0.4 is 0 Å². The van der Waals surface area contributed by atoms with E-state index >= 15 is 0 Å². The molecule has 0 aliphatic heterocycles. The van der Waals surface area contributed by atoms with Crippen molar-refractivity contribution in [3.8, 4) is 0 Å². The van der Waals surface area contributed by atoms with Gasteiger partial charge in [-0.2, -0.15) is 0 Å². The number of hydrogen-bond donors (Lipinski definition) is 0. The average Bonchev–Trinajstić information content (AvgIpc) is 2.45. The molecule has 0 saturated carbocycles. The van der Waals surface area contributed by atoms with Crippen molar-refractivity contribution in [3.05, 3.63) is 0 Å². The largest absolute Gasteiger partial charge is 0.697 e. The Balaban J connectivity index is 3.13. The molecule has 0 aromatic carbocycles. The van der Waals surface area contributed by atoms with Crippen LogP contribution in [0.5, 0.6) is 0 Å². The quantitative estimate of drug-likeness (QED) is 0.244. The minimum Gasteiger partial charge on any atom is -0.119 e. The van der Waals surface area contributed by atoms with Crippen LogP contribution >= 0.6 is 8.25 Å². The summed E-state index contributed by atoms with van der Waals surface area (Å²) in [4.78, 5) is 0. The number of hydrogen-bond acceptors (Lipinski definition) is 3. The molecule has 0 atom stereocenters. The van der Waals surface area contributed by atoms with Gasteiger partial charge in [0.2, 0.25) is 0 Å². The standard InChI is InChI=1S/C16H34O3P/c1-3-5-7-9-11-13-15-18-20(17)19-16-14-12-10-8-6-4-2/h3-16H2,1-2H3/q+1. The van der Waals surface area contributed by atoms with Crippen LogP contribution in [0.15, 0.2) is 0 Å². The van der Waals surface area contributed by atoms with E-state index in [1.54, 1.807) is 0 Å². The molecule has 120 valence electrons. The summed E-state index contributed by atoms with van der Waals surface area (Å²) in [5.41, 5.74) is 0. The van der Waals surface area contributed by atoms with Gasteiger partial charge in [0.15, 0.2) is 0 Å². The fourth-order valence-corrected chi connectivity index (χ4v) is 2.71. The highest BCUT2D eigenvalue weighted by Gasteiger charge is 2.18. The summed E-state index contributed by atoms with van der Waals surface area (Å²) >= 11 is 0. The van der Waals surface area contributed by atoms with Crippen molar-refractivity contribution in [2.24, 2.45) is 0 Å². The zero-order chi connectivity index (χ0) is 14.9. The Morgan fingerprint density at radius 3 is 1.35 bits per heavy atom. The first-order valence-corrected chi connectivity index (χ1v) is 9.63. The van der Waals surface area contributed by atoms with Gasteiger partial charge < -0.3 is 0 Å². The van der Waals surface area contributed by atoms with E-state index in [0.717, 1.165) is 12.8 Å². The van der Waals surface area contributed by atoms with Gasteiger partial charge in [-0.1, -0.05) is 78.1 Å². The monoisotopic (exact) mass is 305 g/mol. The molecule has 0 aliphatic rings. The maximum absolute atomic E-state index is 11.4. The Morgan fingerprint density at radius 2 is 0.950 bits per heavy atom. The van der Waals surface area contributed by atoms with E-state index in [1.165, 1.54) is 64.2 Å². The summed E-state index contributed by atoms with van der Waals surface area (Å²) in [6.07, 6.45) is 14.6. The molecule has 0 radical (unpaired) electrons. The van der Waals surface area contributed by atoms with Gasteiger partial charge >= 0.3 is 8.25 Å². The van der Waals surface area contributed by atoms with E-state index in [2.05, 4.69) is 13.8 Å². The summed E-state index contributed by atoms with van der Waals surface area (Å²) in [5.74, 6) is 0. The molecule has 0 spiro atoms. The van der Waals surface area contributed by atoms with E-state index in [4.69, 9.17) is 9.05 Å². The smallest absolute Gasteiger partial charge is 0.119 e. The lowest BCUT2D eigenvalue weighted by molar-refractivity contribution is 0.218. The molecule has 0 amide bonds. The van der Waals surface area contributed by atoms with Crippen molar-refractivity contribution in [2.45, 2.75) is 90.9 Å². The Kier molecular flexibility index (Phi) is 17.1. The molecule has 0 saturated heterocycles. The van der Waals surface area contributed by atoms with Crippen molar-refractivity contribution in [1.82, 2.24) is 0 Å². The van der Waals surface area contributed by atoms with Crippen LogP contribution in [0.25, 0.3) is 0 Å². The van der Waals surface area contributed by atoms with Crippen molar-refractivity contribution in [2.75, 3.05) is 13.2 Å². The second kappa shape index (κ2) is 17.1. The topological polar surface area (TPSA) is 35.5 Å². The Bertz CT molecular complexity index is 190. The van der Waals surface area contributed by atoms with Crippen LogP contribution in [0.4, 0.5) is 0 Å². The molecule has 0 heterocycles. The van der Waals surface area contributed by atoms with Crippen LogP contribution in [0.3, 0.4) is 0 Å². The van der Waals surface area contributed by atoms with Crippen LogP contribution in [0.2, 0.25) is 0 Å². The fourth-order valence-electron chi connectivity index (χ4n) is 2.08. The predicted molar refractivity (Wildman–Crippen MR) is 86.3 cm³/mol. The van der Waals surface area contributed by atoms with Crippen molar-refractivity contribution in [3.63, 3.8) is 0 Å². The Labute approximate surface area is 126 Å². The van der Waals surface area contributed by atoms with Gasteiger partial charge in [-0.25, -0.2) is 0 Å². The number of unbranched alkanes of at least 4 members (excludes halogenated alkanes) is 10. The highest BCUT2D eigenvalue weighted by molar-refractivity contribution is 7.33. The molecule has 0 bridgehead atoms. The highest BCUT2D eigenvalue weighted by atomic mass is 31.1. The van der Waals surface area contributed by atoms with E-state index in [1.807, 2.05) is 0 Å². The number of rotatable bonds is 16. The average molecular weight is 305 g/mol. The first-order valence-electron chi connectivity index (χ1n) is 8.54. The molecular weight excluding hydrogens is 271 g/mol. The SMILES string of the molecule is CCCCCCCCO[P+](=O)OCCCCCCCC. The first-order chi connectivity index (χ1) is 9.81. The predicted octanol–water partition coefficient (Wildman–Crippen LogP) is 6.40. The van der Waals surface area contributed by atoms with Crippen molar-refractivity contribution >= 4 is 8.25 Å². The molecule has 4 heteroatoms. The summed E-state index contributed by atoms with van der Waals surface area (Å²) in [7, 11) is -1.89. The molecular formula is C16H34O3P+. The molecule has 0 aliphatic carbocycles. The third kappa shape index (κ3) is 16.1. The molecule has 0 N–H and O–H groups in total. The molecule has 0 aromatic rings. The van der Waals surface area contributed by atoms with Crippen molar-refractivity contribution < 1.29 is 13.6 Å². The van der Waals surface area contributed by atoms with Gasteiger partial charge in [0, 0.05) is 4.57 Å². The lowest BCUT2D eigenvalue weighted by Gasteiger charge is -1.98. The van der Waals surface area contributed by atoms with Gasteiger partial charge in [-0.15, -0.1) is 9.05 Å². The van der Waals surface area contributed by atoms with E-state index in [0.29, 0.717) is 13.2 Å². The lowest BCUT2D eigenvalue weighted by Crippen LogP contribution is -1.92. The second-order valence-corrected chi connectivity index (χ2v) is 6.39. The summed E-state index contributed by atoms with van der Waals surface area (Å²) in [5, 5.41) is 0. The first kappa shape index (κ1) is 20.0. The van der Waals surface area contributed by atoms with Gasteiger partial charge in [-0.05, 0) is 12.8 Å². The Hall–Kier alpha value is 0.0200. The molecule has 0 unspecified atom stereocenters. The summed E-state index contributed by atoms with van der Waals surface area (Å²) in [6.45, 7) is 5.57. The normalized spacial score (nSPS) is 10.9. The summed E-state index contributed by atoms with van der Waals surface area (Å²) in [6, 6.07) is 0. The Morgan fingerprint density at radius 1 is 0.600 bits per heavy atom. The van der Waals surface area contributed by atoms with Gasteiger partial charge in [-0.3, -0.25) is 0 Å². The van der Waals surface area contributed by atoms with E-state index in [-0.39, 0.29) is 0 Å². The minimum atomic E-state index is -1.89. The zero-order valence-corrected chi connectivity index (χ0v) is 14.5. The summed E-state index contributed by atoms with van der Waals surface area (Å²) < 4.78 is 21.8. The van der Waals surface area contributed by atoms with Gasteiger partial charge in [0.1, 0.15) is 13.2 Å². The maximum Gasteiger partial charge on any atom is 0.697 e. The molecule has 0 aromatic heterocycles. The molecule has 0 fully saturated rings. The van der Waals surface area contributed by atoms with Crippen LogP contribution in [-0.2, 0) is 13.6 Å². The van der Waals surface area contributed by atoms with Gasteiger partial charge in [0.05, 0.1) is 0 Å². The molecule has 0 rings (SSSR count). The van der Waals surface area contributed by atoms with Crippen LogP contribution in [0, 0.1) is 0 Å². The fraction of sp³-hybridized carbons (Fsp3) is 1.00. The van der Waals surface area contributed by atoms with Crippen LogP contribution in [-0.4, -0.2) is 13.2 Å². The lowest BCUT2D eigenvalue weighted by atomic mass is 10.1. The molecule has 3 nitrogen and oxygen atoms in total. The third-order valence-corrected chi connectivity index (χ3v) is 4.18. The van der Waals surface area contributed by atoms with Gasteiger partial charge in [0.25, 0.3) is 0 Å². The zero-order valence-electron chi connectivity index (χ0n) is 13.6. The van der Waals surface area contributed by atoms with E-state index < -0.39 is 8.25 Å². The highest BCUT2D eigenvalue weighted by Crippen LogP contribution is 2.24. The maximum atomic E-state index is 11.4. The van der Waals surface area contributed by atoms with Crippen LogP contribution in [0.1, 0.15) is 90.9 Å². The van der Waals surface area contributed by atoms with E-state index in [9.17, 15) is 4.57 Å². The minimum absolute atomic E-state index is 0.567.